The van der Waals surface area contributed by atoms with Crippen molar-refractivity contribution in [3.05, 3.63) is 34.4 Å². The van der Waals surface area contributed by atoms with Gasteiger partial charge < -0.3 is 0 Å². The van der Waals surface area contributed by atoms with E-state index in [0.717, 1.165) is 18.4 Å². The van der Waals surface area contributed by atoms with Crippen molar-refractivity contribution in [2.75, 3.05) is 0 Å². The molecule has 1 aliphatic rings. The second-order valence-corrected chi connectivity index (χ2v) is 7.47. The Morgan fingerprint density at radius 3 is 2.42 bits per heavy atom. The summed E-state index contributed by atoms with van der Waals surface area (Å²) in [4.78, 5) is 12.5. The molecular weight excluding hydrogens is 232 g/mol. The smallest absolute Gasteiger partial charge is 0.166 e. The van der Waals surface area contributed by atoms with Crippen LogP contribution in [0, 0.1) is 18.8 Å². The van der Waals surface area contributed by atoms with Gasteiger partial charge in [-0.3, -0.25) is 4.79 Å². The van der Waals surface area contributed by atoms with Crippen molar-refractivity contribution in [3.63, 3.8) is 0 Å². The molecule has 0 spiro atoms. The van der Waals surface area contributed by atoms with Crippen molar-refractivity contribution in [3.8, 4) is 0 Å². The van der Waals surface area contributed by atoms with Gasteiger partial charge >= 0.3 is 0 Å². The van der Waals surface area contributed by atoms with Gasteiger partial charge in [0, 0.05) is 11.5 Å². The van der Waals surface area contributed by atoms with Gasteiger partial charge in [0.2, 0.25) is 0 Å². The van der Waals surface area contributed by atoms with Crippen LogP contribution >= 0.6 is 0 Å². The molecule has 2 rings (SSSR count). The SMILES string of the molecule is Cc1cc2c(cc1C(C)(C)C)C(=O)C(CC(C)C)C2. The average molecular weight is 258 g/mol. The van der Waals surface area contributed by atoms with E-state index in [1.54, 1.807) is 0 Å². The molecule has 1 aromatic rings. The zero-order chi connectivity index (χ0) is 14.4. The molecule has 0 fully saturated rings. The second kappa shape index (κ2) is 4.77. The van der Waals surface area contributed by atoms with Crippen molar-refractivity contribution < 1.29 is 4.79 Å². The highest BCUT2D eigenvalue weighted by Crippen LogP contribution is 2.36. The molecule has 0 N–H and O–H groups in total. The van der Waals surface area contributed by atoms with Gasteiger partial charge in [0.15, 0.2) is 5.78 Å². The van der Waals surface area contributed by atoms with E-state index >= 15 is 0 Å². The van der Waals surface area contributed by atoms with Crippen LogP contribution in [0.4, 0.5) is 0 Å². The minimum Gasteiger partial charge on any atom is -0.294 e. The lowest BCUT2D eigenvalue weighted by atomic mass is 9.82. The van der Waals surface area contributed by atoms with Gasteiger partial charge in [0.25, 0.3) is 0 Å². The van der Waals surface area contributed by atoms with Crippen LogP contribution < -0.4 is 0 Å². The molecule has 1 atom stereocenters. The Labute approximate surface area is 117 Å². The molecule has 0 saturated heterocycles. The molecule has 19 heavy (non-hydrogen) atoms. The highest BCUT2D eigenvalue weighted by Gasteiger charge is 2.32. The molecular formula is C18H26O. The number of ketones is 1. The number of aryl methyl sites for hydroxylation is 1. The van der Waals surface area contributed by atoms with Crippen LogP contribution in [0.25, 0.3) is 0 Å². The Bertz CT molecular complexity index is 503. The van der Waals surface area contributed by atoms with Crippen LogP contribution in [-0.2, 0) is 11.8 Å². The molecule has 1 aromatic carbocycles. The average Bonchev–Trinajstić information content (AvgIpc) is 2.52. The largest absolute Gasteiger partial charge is 0.294 e. The molecule has 0 aliphatic heterocycles. The van der Waals surface area contributed by atoms with Crippen LogP contribution in [0.2, 0.25) is 0 Å². The monoisotopic (exact) mass is 258 g/mol. The van der Waals surface area contributed by atoms with Crippen molar-refractivity contribution in [2.24, 2.45) is 11.8 Å². The third-order valence-electron chi connectivity index (χ3n) is 4.12. The van der Waals surface area contributed by atoms with Crippen molar-refractivity contribution >= 4 is 5.78 Å². The maximum Gasteiger partial charge on any atom is 0.166 e. The number of rotatable bonds is 2. The molecule has 104 valence electrons. The number of carbonyl (C=O) groups excluding carboxylic acids is 1. The summed E-state index contributed by atoms with van der Waals surface area (Å²) in [7, 11) is 0. The van der Waals surface area contributed by atoms with Gasteiger partial charge in [-0.15, -0.1) is 0 Å². The first-order valence-electron chi connectivity index (χ1n) is 7.38. The second-order valence-electron chi connectivity index (χ2n) is 7.47. The molecule has 0 bridgehead atoms. The van der Waals surface area contributed by atoms with Gasteiger partial charge in [0.05, 0.1) is 0 Å². The Hall–Kier alpha value is -1.11. The van der Waals surface area contributed by atoms with E-state index in [2.05, 4.69) is 53.7 Å². The minimum absolute atomic E-state index is 0.107. The Kier molecular flexibility index (Phi) is 3.59. The fraction of sp³-hybridized carbons (Fsp3) is 0.611. The Morgan fingerprint density at radius 1 is 1.26 bits per heavy atom. The summed E-state index contributed by atoms with van der Waals surface area (Å²) < 4.78 is 0. The molecule has 0 amide bonds. The quantitative estimate of drug-likeness (QED) is 0.752. The zero-order valence-electron chi connectivity index (χ0n) is 13.1. The highest BCUT2D eigenvalue weighted by atomic mass is 16.1. The molecule has 1 heteroatoms. The van der Waals surface area contributed by atoms with Gasteiger partial charge in [-0.1, -0.05) is 40.7 Å². The van der Waals surface area contributed by atoms with Crippen LogP contribution in [0.15, 0.2) is 12.1 Å². The predicted octanol–water partition coefficient (Wildman–Crippen LogP) is 4.69. The van der Waals surface area contributed by atoms with Crippen molar-refractivity contribution in [1.29, 1.82) is 0 Å². The van der Waals surface area contributed by atoms with Crippen LogP contribution in [0.3, 0.4) is 0 Å². The molecule has 1 unspecified atom stereocenters. The van der Waals surface area contributed by atoms with Gasteiger partial charge in [-0.05, 0) is 53.9 Å². The first-order valence-corrected chi connectivity index (χ1v) is 7.38. The summed E-state index contributed by atoms with van der Waals surface area (Å²) in [5, 5.41) is 0. The molecule has 1 nitrogen and oxygen atoms in total. The van der Waals surface area contributed by atoms with E-state index in [1.807, 2.05) is 0 Å². The van der Waals surface area contributed by atoms with Gasteiger partial charge in [-0.25, -0.2) is 0 Å². The fourth-order valence-electron chi connectivity index (χ4n) is 3.31. The molecule has 0 heterocycles. The number of benzene rings is 1. The topological polar surface area (TPSA) is 17.1 Å². The van der Waals surface area contributed by atoms with E-state index in [4.69, 9.17) is 0 Å². The normalized spacial score (nSPS) is 19.1. The minimum atomic E-state index is 0.107. The summed E-state index contributed by atoms with van der Waals surface area (Å²) in [5.74, 6) is 1.17. The van der Waals surface area contributed by atoms with Gasteiger partial charge in [0.1, 0.15) is 0 Å². The summed E-state index contributed by atoms with van der Waals surface area (Å²) in [5.41, 5.74) is 4.99. The Balaban J connectivity index is 2.40. The van der Waals surface area contributed by atoms with Crippen molar-refractivity contribution in [1.82, 2.24) is 0 Å². The number of hydrogen-bond donors (Lipinski definition) is 0. The standard InChI is InChI=1S/C18H26O/c1-11(2)7-14-9-13-8-12(3)16(18(4,5)6)10-15(13)17(14)19/h8,10-11,14H,7,9H2,1-6H3. The molecule has 0 saturated carbocycles. The summed E-state index contributed by atoms with van der Waals surface area (Å²) in [6.07, 6.45) is 1.95. The Morgan fingerprint density at radius 2 is 1.89 bits per heavy atom. The van der Waals surface area contributed by atoms with Crippen LogP contribution in [-0.4, -0.2) is 5.78 Å². The van der Waals surface area contributed by atoms with E-state index in [9.17, 15) is 4.79 Å². The third kappa shape index (κ3) is 2.75. The number of hydrogen-bond acceptors (Lipinski definition) is 1. The molecule has 0 radical (unpaired) electrons. The highest BCUT2D eigenvalue weighted by molar-refractivity contribution is 6.02. The van der Waals surface area contributed by atoms with Crippen LogP contribution in [0.1, 0.15) is 68.1 Å². The van der Waals surface area contributed by atoms with E-state index < -0.39 is 0 Å². The zero-order valence-corrected chi connectivity index (χ0v) is 13.1. The predicted molar refractivity (Wildman–Crippen MR) is 80.9 cm³/mol. The summed E-state index contributed by atoms with van der Waals surface area (Å²) in [6, 6.07) is 4.40. The van der Waals surface area contributed by atoms with Gasteiger partial charge in [-0.2, -0.15) is 0 Å². The fourth-order valence-corrected chi connectivity index (χ4v) is 3.31. The lowest BCUT2D eigenvalue weighted by molar-refractivity contribution is 0.0922. The third-order valence-corrected chi connectivity index (χ3v) is 4.12. The maximum absolute atomic E-state index is 12.5. The molecule has 0 aromatic heterocycles. The first-order chi connectivity index (χ1) is 8.70. The van der Waals surface area contributed by atoms with Crippen LogP contribution in [0.5, 0.6) is 0 Å². The number of Topliss-reactive ketones (excluding diaryl/α,β-unsaturated/α-hetero) is 1. The lowest BCUT2D eigenvalue weighted by Gasteiger charge is -2.22. The van der Waals surface area contributed by atoms with E-state index in [0.29, 0.717) is 11.7 Å². The van der Waals surface area contributed by atoms with E-state index in [-0.39, 0.29) is 11.3 Å². The lowest BCUT2D eigenvalue weighted by Crippen LogP contribution is -2.15. The first kappa shape index (κ1) is 14.3. The number of carbonyl (C=O) groups is 1. The maximum atomic E-state index is 12.5. The number of fused-ring (bicyclic) bond motifs is 1. The van der Waals surface area contributed by atoms with E-state index in [1.165, 1.54) is 16.7 Å². The summed E-state index contributed by atoms with van der Waals surface area (Å²) in [6.45, 7) is 13.2. The van der Waals surface area contributed by atoms with Crippen molar-refractivity contribution in [2.45, 2.75) is 59.8 Å². The summed E-state index contributed by atoms with van der Waals surface area (Å²) >= 11 is 0. The molecule has 1 aliphatic carbocycles.